The van der Waals surface area contributed by atoms with Crippen molar-refractivity contribution < 1.29 is 44.2 Å². The van der Waals surface area contributed by atoms with Crippen LogP contribution in [-0.4, -0.2) is 104 Å². The summed E-state index contributed by atoms with van der Waals surface area (Å²) in [6, 6.07) is 14.7. The lowest BCUT2D eigenvalue weighted by atomic mass is 9.41. The molecule has 13 rings (SSSR count). The predicted molar refractivity (Wildman–Crippen MR) is 299 cm³/mol. The minimum absolute atomic E-state index is 0.0156. The molecule has 4 fully saturated rings. The molecular weight excluding hydrogens is 1010 g/mol. The Hall–Kier alpha value is -7.59. The number of ether oxygens (including phenoxy) is 4. The molecule has 8 aliphatic rings. The zero-order valence-electron chi connectivity index (χ0n) is 45.1. The number of dihydropyridines is 1. The van der Waals surface area contributed by atoms with E-state index in [1.165, 1.54) is 24.3 Å². The van der Waals surface area contributed by atoms with E-state index in [-0.39, 0.29) is 65.6 Å². The highest BCUT2D eigenvalue weighted by Crippen LogP contribution is 2.67. The van der Waals surface area contributed by atoms with Gasteiger partial charge in [-0.1, -0.05) is 42.2 Å². The number of aromatic nitrogens is 3. The van der Waals surface area contributed by atoms with E-state index >= 15 is 0 Å². The van der Waals surface area contributed by atoms with Gasteiger partial charge >= 0.3 is 5.97 Å². The lowest BCUT2D eigenvalue weighted by Crippen LogP contribution is -2.86. The normalized spacial score (nSPS) is 32.5. The molecule has 2 aromatic carbocycles. The third kappa shape index (κ3) is 8.79. The lowest BCUT2D eigenvalue weighted by molar-refractivity contribution is -0.223. The summed E-state index contributed by atoms with van der Waals surface area (Å²) in [6.07, 6.45) is 19.0. The van der Waals surface area contributed by atoms with Gasteiger partial charge in [0.25, 0.3) is 0 Å². The van der Waals surface area contributed by atoms with Crippen LogP contribution in [0, 0.1) is 52.8 Å². The van der Waals surface area contributed by atoms with Crippen molar-refractivity contribution in [1.29, 1.82) is 0 Å². The van der Waals surface area contributed by atoms with Gasteiger partial charge in [0.1, 0.15) is 24.6 Å². The van der Waals surface area contributed by atoms with Crippen molar-refractivity contribution >= 4 is 22.8 Å². The zero-order valence-corrected chi connectivity index (χ0v) is 45.1. The molecule has 2 bridgehead atoms. The molecular formula is C62H71N9O9. The Morgan fingerprint density at radius 1 is 1.05 bits per heavy atom. The second kappa shape index (κ2) is 20.8. The van der Waals surface area contributed by atoms with Crippen molar-refractivity contribution in [3.63, 3.8) is 0 Å². The average molecular weight is 1090 g/mol. The number of hydrogen-bond donors (Lipinski definition) is 10. The van der Waals surface area contributed by atoms with E-state index in [1.54, 1.807) is 24.5 Å². The van der Waals surface area contributed by atoms with E-state index in [0.717, 1.165) is 60.6 Å². The minimum Gasteiger partial charge on any atom is -0.504 e. The van der Waals surface area contributed by atoms with Crippen LogP contribution >= 0.6 is 0 Å². The van der Waals surface area contributed by atoms with Gasteiger partial charge in [-0.15, -0.1) is 0 Å². The van der Waals surface area contributed by atoms with Gasteiger partial charge in [-0.05, 0) is 135 Å². The summed E-state index contributed by atoms with van der Waals surface area (Å²) in [7, 11) is 1.84. The summed E-state index contributed by atoms with van der Waals surface area (Å²) in [5.41, 5.74) is 10.1. The van der Waals surface area contributed by atoms with Crippen molar-refractivity contribution in [2.75, 3.05) is 26.7 Å². The molecule has 0 radical (unpaired) electrons. The van der Waals surface area contributed by atoms with E-state index < -0.39 is 59.7 Å². The van der Waals surface area contributed by atoms with E-state index in [2.05, 4.69) is 78.1 Å². The number of esters is 1. The number of aromatic hydroxyl groups is 3. The molecule has 5 aromatic rings. The van der Waals surface area contributed by atoms with Crippen LogP contribution in [0.5, 0.6) is 28.7 Å². The molecule has 2 saturated carbocycles. The number of H-pyrrole nitrogens is 1. The molecule has 11 N–H and O–H groups in total. The number of guanidine groups is 1. The summed E-state index contributed by atoms with van der Waals surface area (Å²) in [6.45, 7) is 2.85. The highest BCUT2D eigenvalue weighted by Gasteiger charge is 2.76. The zero-order chi connectivity index (χ0) is 54.9. The second-order valence-electron chi connectivity index (χ2n) is 23.2. The molecule has 5 aliphatic heterocycles. The minimum atomic E-state index is -1.02. The molecule has 3 aliphatic carbocycles. The van der Waals surface area contributed by atoms with Crippen LogP contribution < -0.4 is 36.5 Å². The largest absolute Gasteiger partial charge is 0.504 e. The third-order valence-electron chi connectivity index (χ3n) is 18.9. The van der Waals surface area contributed by atoms with Crippen molar-refractivity contribution in [2.45, 2.75) is 113 Å². The number of aliphatic hydroxyl groups is 1. The molecule has 3 aromatic heterocycles. The van der Waals surface area contributed by atoms with Gasteiger partial charge < -0.3 is 70.6 Å². The van der Waals surface area contributed by atoms with E-state index in [1.807, 2.05) is 43.6 Å². The second-order valence-corrected chi connectivity index (χ2v) is 23.2. The number of pyridine rings is 1. The Labute approximate surface area is 464 Å². The Morgan fingerprint density at radius 3 is 2.76 bits per heavy atom. The fraction of sp³-hybridized carbons (Fsp3) is 0.468. The number of allylic oxidation sites excluding steroid dienone is 3. The molecule has 18 nitrogen and oxygen atoms in total. The first-order valence-electron chi connectivity index (χ1n) is 28.5. The maximum Gasteiger partial charge on any atom is 0.302 e. The number of fused-ring (bicyclic) bond motifs is 10. The summed E-state index contributed by atoms with van der Waals surface area (Å²) in [5, 5.41) is 63.0. The molecule has 0 unspecified atom stereocenters. The lowest BCUT2D eigenvalue weighted by Gasteiger charge is -2.72. The van der Waals surface area contributed by atoms with Gasteiger partial charge in [-0.25, -0.2) is 0 Å². The number of nitrogens with zero attached hydrogens (tertiary/aromatic N) is 3. The summed E-state index contributed by atoms with van der Waals surface area (Å²) >= 11 is 0. The van der Waals surface area contributed by atoms with Crippen LogP contribution in [0.25, 0.3) is 10.9 Å². The topological polar surface area (TPSA) is 255 Å². The molecule has 18 heteroatoms. The van der Waals surface area contributed by atoms with E-state index in [9.17, 15) is 25.2 Å². The van der Waals surface area contributed by atoms with Crippen LogP contribution in [0.15, 0.2) is 114 Å². The molecule has 8 heterocycles. The molecule has 80 heavy (non-hydrogen) atoms. The van der Waals surface area contributed by atoms with Crippen LogP contribution in [0.2, 0.25) is 0 Å². The van der Waals surface area contributed by atoms with Gasteiger partial charge in [0, 0.05) is 86.5 Å². The number of nitrogens with two attached hydrogens (primary N) is 1. The van der Waals surface area contributed by atoms with Crippen molar-refractivity contribution in [3.05, 3.63) is 131 Å². The van der Waals surface area contributed by atoms with Gasteiger partial charge in [-0.3, -0.25) is 20.1 Å². The summed E-state index contributed by atoms with van der Waals surface area (Å²) in [5.74, 6) is 6.87. The molecule has 418 valence electrons. The molecule has 14 atom stereocenters. The number of aliphatic hydroxyl groups excluding tert-OH is 1. The maximum absolute atomic E-state index is 13.2. The fourth-order valence-electron chi connectivity index (χ4n) is 15.6. The first-order chi connectivity index (χ1) is 38.9. The molecule has 0 amide bonds. The standard InChI is InChI=1S/C62H71N9O9/c1-34(72)78-52-31-51(39-28-49(74)56(75)54(29-39)77-24-19-36-6-3-20-65-32-36)80-57-43(52)13-8-38-9-14-45-50(79-53-26-37(25-44(38)57)7-15-48(53)73)16-12-40-10-11-41-30-47-42-18-23-66-46(42)33-71(47)58-61(41,59(76)64-2)62(40,45)70-60(69-58)68-21-4-5-35-17-22-67-55(63)27-35/h3,6-8,13,15,17-18,20,23,26-29,32-33,38,40-41,43-45,50-52,57-59,64,66-67,73-76H,4-5,10-12,16,19,21-22,24-25,30-31,63H2,1-2H3,(H2,68,69,70)/t38-,40+,41-,43-,44+,45-,50+,51+,52+,57-,58+,59-,61-,62-/m1/s1. The smallest absolute Gasteiger partial charge is 0.302 e. The number of phenolic OH excluding ortho intramolecular Hbond substituents is 3. The van der Waals surface area contributed by atoms with Gasteiger partial charge in [-0.2, -0.15) is 0 Å². The number of aliphatic imine (C=N–C) groups is 1. The van der Waals surface area contributed by atoms with Crippen LogP contribution in [-0.2, 0) is 33.5 Å². The number of carbonyl (C=O) groups excluding carboxylic acids is 1. The summed E-state index contributed by atoms with van der Waals surface area (Å²) in [4.78, 5) is 26.0. The Bertz CT molecular complexity index is 3380. The number of phenols is 3. The quantitative estimate of drug-likeness (QED) is 0.0162. The number of nitrogens with one attached hydrogen (secondary N) is 5. The maximum atomic E-state index is 13.2. The number of carbonyl (C=O) groups is 1. The third-order valence-corrected chi connectivity index (χ3v) is 18.9. The number of aromatic amines is 1. The molecule has 1 spiro atoms. The van der Waals surface area contributed by atoms with Gasteiger partial charge in [0.2, 0.25) is 5.75 Å². The fourth-order valence-corrected chi connectivity index (χ4v) is 15.6. The van der Waals surface area contributed by atoms with Crippen molar-refractivity contribution in [2.24, 2.45) is 51.6 Å². The Kier molecular flexibility index (Phi) is 13.5. The summed E-state index contributed by atoms with van der Waals surface area (Å²) < 4.78 is 29.1. The average Bonchev–Trinajstić information content (AvgIpc) is 4.13. The monoisotopic (exact) mass is 1090 g/mol. The highest BCUT2D eigenvalue weighted by molar-refractivity contribution is 5.85. The Morgan fingerprint density at radius 2 is 1.93 bits per heavy atom. The van der Waals surface area contributed by atoms with Crippen LogP contribution in [0.4, 0.5) is 0 Å². The SMILES string of the molecule is CN[C@H](O)[C@]12[C@@H]3CC[C@H]4CC[C@@H]5Oc6cc(ccc6O)C[C@@H]6[C@@H]7O[C@H](c8cc(O)c(O)c(OCCc9cccnc9)c8)C[C@H](OC(C)=O)[C@H]7C=C[C@@H]6C#C[C@H]5[C@]41NC(=NCCCC1=CCNC(N)=C1)N[C@H]2n1cc2[nH]ccc2c1C3. The van der Waals surface area contributed by atoms with E-state index in [4.69, 9.17) is 29.7 Å². The highest BCUT2D eigenvalue weighted by atomic mass is 16.6. The number of benzene rings is 2. The predicted octanol–water partition coefficient (Wildman–Crippen LogP) is 6.40. The van der Waals surface area contributed by atoms with Crippen molar-refractivity contribution in [3.8, 4) is 40.6 Å². The van der Waals surface area contributed by atoms with Gasteiger partial charge in [0.05, 0.1) is 47.0 Å². The Balaban J connectivity index is 0.921. The van der Waals surface area contributed by atoms with Crippen LogP contribution in [0.3, 0.4) is 0 Å². The first-order valence-corrected chi connectivity index (χ1v) is 28.5. The van der Waals surface area contributed by atoms with Crippen molar-refractivity contribution in [1.82, 2.24) is 35.8 Å². The van der Waals surface area contributed by atoms with Crippen LogP contribution in [0.1, 0.15) is 86.5 Å². The van der Waals surface area contributed by atoms with Gasteiger partial charge in [0.15, 0.2) is 29.0 Å². The number of hydrogen-bond acceptors (Lipinski definition) is 14. The molecule has 2 saturated heterocycles. The number of rotatable bonds is 12. The first kappa shape index (κ1) is 51.8. The van der Waals surface area contributed by atoms with E-state index in [0.29, 0.717) is 55.4 Å².